The van der Waals surface area contributed by atoms with Gasteiger partial charge in [0.15, 0.2) is 5.16 Å². The van der Waals surface area contributed by atoms with Gasteiger partial charge in [-0.15, -0.1) is 0 Å². The summed E-state index contributed by atoms with van der Waals surface area (Å²) in [5.41, 5.74) is 3.53. The van der Waals surface area contributed by atoms with Crippen molar-refractivity contribution in [2.24, 2.45) is 0 Å². The summed E-state index contributed by atoms with van der Waals surface area (Å²) in [5, 5.41) is 12.7. The van der Waals surface area contributed by atoms with Crippen LogP contribution in [0.15, 0.2) is 35.9 Å². The minimum absolute atomic E-state index is 0.586. The second-order valence-corrected chi connectivity index (χ2v) is 4.53. The van der Waals surface area contributed by atoms with E-state index in [1.54, 1.807) is 18.6 Å². The lowest BCUT2D eigenvalue weighted by atomic mass is 10.1. The Morgan fingerprint density at radius 1 is 1.28 bits per heavy atom. The molecular formula is C12H10N4OS. The number of nitrogens with zero attached hydrogens (tertiary/aromatic N) is 3. The van der Waals surface area contributed by atoms with Crippen molar-refractivity contribution in [1.82, 2.24) is 15.0 Å². The lowest BCUT2D eigenvalue weighted by molar-refractivity contribution is 0.390. The number of rotatable bonds is 2. The molecule has 90 valence electrons. The molecule has 0 atom stereocenters. The fourth-order valence-electron chi connectivity index (χ4n) is 1.94. The maximum Gasteiger partial charge on any atom is 0.187 e. The van der Waals surface area contributed by atoms with Crippen molar-refractivity contribution in [3.05, 3.63) is 30.7 Å². The van der Waals surface area contributed by atoms with Crippen LogP contribution in [0.2, 0.25) is 0 Å². The maximum atomic E-state index is 9.36. The van der Waals surface area contributed by atoms with E-state index in [2.05, 4.69) is 20.4 Å². The lowest BCUT2D eigenvalue weighted by Crippen LogP contribution is -1.96. The first-order valence-electron chi connectivity index (χ1n) is 5.31. The van der Waals surface area contributed by atoms with Crippen LogP contribution in [0, 0.1) is 0 Å². The first-order valence-corrected chi connectivity index (χ1v) is 6.53. The third-order valence-electron chi connectivity index (χ3n) is 2.76. The molecule has 18 heavy (non-hydrogen) atoms. The summed E-state index contributed by atoms with van der Waals surface area (Å²) in [5.74, 6) is 0. The number of hydrogen-bond donors (Lipinski definition) is 2. The smallest absolute Gasteiger partial charge is 0.187 e. The van der Waals surface area contributed by atoms with Gasteiger partial charge in [-0.1, -0.05) is 11.8 Å². The molecule has 1 aromatic carbocycles. The van der Waals surface area contributed by atoms with Gasteiger partial charge in [0.2, 0.25) is 0 Å². The monoisotopic (exact) mass is 258 g/mol. The Kier molecular flexibility index (Phi) is 2.73. The first kappa shape index (κ1) is 11.2. The Morgan fingerprint density at radius 3 is 2.94 bits per heavy atom. The highest BCUT2D eigenvalue weighted by atomic mass is 32.2. The number of anilines is 1. The average molecular weight is 258 g/mol. The van der Waals surface area contributed by atoms with Crippen molar-refractivity contribution < 1.29 is 5.21 Å². The van der Waals surface area contributed by atoms with Gasteiger partial charge in [0, 0.05) is 34.7 Å². The third kappa shape index (κ3) is 1.66. The van der Waals surface area contributed by atoms with Crippen molar-refractivity contribution in [3.8, 4) is 0 Å². The van der Waals surface area contributed by atoms with Gasteiger partial charge in [0.05, 0.1) is 5.69 Å². The quantitative estimate of drug-likeness (QED) is 0.319. The first-order chi connectivity index (χ1) is 8.83. The number of hydrogen-bond acceptors (Lipinski definition) is 6. The fourth-order valence-corrected chi connectivity index (χ4v) is 2.28. The Labute approximate surface area is 107 Å². The van der Waals surface area contributed by atoms with Crippen LogP contribution in [0.1, 0.15) is 0 Å². The minimum Gasteiger partial charge on any atom is -0.291 e. The molecule has 0 unspecified atom stereocenters. The molecule has 6 heteroatoms. The second kappa shape index (κ2) is 4.40. The highest BCUT2D eigenvalue weighted by molar-refractivity contribution is 7.98. The molecule has 0 aliphatic carbocycles. The van der Waals surface area contributed by atoms with Crippen LogP contribution >= 0.6 is 11.8 Å². The van der Waals surface area contributed by atoms with Crippen molar-refractivity contribution in [2.75, 3.05) is 11.7 Å². The molecule has 0 aliphatic rings. The Balaban J connectivity index is 2.46. The fraction of sp³-hybridized carbons (Fsp3) is 0.0833. The molecule has 3 rings (SSSR count). The molecule has 2 N–H and O–H groups in total. The van der Waals surface area contributed by atoms with Crippen LogP contribution in [0.3, 0.4) is 0 Å². The van der Waals surface area contributed by atoms with Crippen LogP contribution in [0.4, 0.5) is 5.69 Å². The van der Waals surface area contributed by atoms with Gasteiger partial charge in [0.1, 0.15) is 5.52 Å². The number of benzene rings is 1. The van der Waals surface area contributed by atoms with Crippen molar-refractivity contribution >= 4 is 39.1 Å². The molecule has 0 amide bonds. The summed E-state index contributed by atoms with van der Waals surface area (Å²) < 4.78 is 0. The zero-order valence-corrected chi connectivity index (χ0v) is 10.4. The number of fused-ring (bicyclic) bond motifs is 2. The zero-order valence-electron chi connectivity index (χ0n) is 9.58. The van der Waals surface area contributed by atoms with E-state index in [-0.39, 0.29) is 0 Å². The van der Waals surface area contributed by atoms with E-state index in [0.717, 1.165) is 16.2 Å². The van der Waals surface area contributed by atoms with Gasteiger partial charge in [-0.25, -0.2) is 9.97 Å². The zero-order chi connectivity index (χ0) is 12.5. The predicted molar refractivity (Wildman–Crippen MR) is 72.0 cm³/mol. The predicted octanol–water partition coefficient (Wildman–Crippen LogP) is 2.70. The van der Waals surface area contributed by atoms with E-state index in [0.29, 0.717) is 16.4 Å². The molecule has 0 saturated carbocycles. The molecule has 5 nitrogen and oxygen atoms in total. The molecule has 0 radical (unpaired) electrons. The van der Waals surface area contributed by atoms with E-state index >= 15 is 0 Å². The Morgan fingerprint density at radius 2 is 2.17 bits per heavy atom. The van der Waals surface area contributed by atoms with E-state index in [1.165, 1.54) is 11.8 Å². The Hall–Kier alpha value is -1.92. The van der Waals surface area contributed by atoms with Crippen molar-refractivity contribution in [3.63, 3.8) is 0 Å². The van der Waals surface area contributed by atoms with Crippen molar-refractivity contribution in [2.45, 2.75) is 5.16 Å². The van der Waals surface area contributed by atoms with Crippen LogP contribution in [-0.2, 0) is 0 Å². The number of pyridine rings is 1. The average Bonchev–Trinajstić information content (AvgIpc) is 2.44. The number of aromatic nitrogens is 3. The van der Waals surface area contributed by atoms with Crippen LogP contribution in [-0.4, -0.2) is 26.4 Å². The van der Waals surface area contributed by atoms with Crippen LogP contribution < -0.4 is 5.48 Å². The van der Waals surface area contributed by atoms with Gasteiger partial charge >= 0.3 is 0 Å². The van der Waals surface area contributed by atoms with Crippen LogP contribution in [0.5, 0.6) is 0 Å². The van der Waals surface area contributed by atoms with E-state index < -0.39 is 0 Å². The normalized spacial score (nSPS) is 11.0. The van der Waals surface area contributed by atoms with Gasteiger partial charge in [-0.05, 0) is 18.4 Å². The van der Waals surface area contributed by atoms with E-state index in [1.807, 2.05) is 18.4 Å². The summed E-state index contributed by atoms with van der Waals surface area (Å²) in [6, 6.07) is 3.80. The van der Waals surface area contributed by atoms with E-state index in [4.69, 9.17) is 0 Å². The summed E-state index contributed by atoms with van der Waals surface area (Å²) in [4.78, 5) is 12.7. The number of thioether (sulfide) groups is 1. The second-order valence-electron chi connectivity index (χ2n) is 3.75. The molecular weight excluding hydrogens is 248 g/mol. The highest BCUT2D eigenvalue weighted by Crippen LogP contribution is 2.31. The number of nitrogens with one attached hydrogen (secondary N) is 1. The summed E-state index contributed by atoms with van der Waals surface area (Å²) in [6.45, 7) is 0. The molecule has 2 aromatic heterocycles. The molecule has 3 aromatic rings. The largest absolute Gasteiger partial charge is 0.291 e. The van der Waals surface area contributed by atoms with Gasteiger partial charge in [-0.2, -0.15) is 0 Å². The SMILES string of the molecule is CSc1ncc2cc3cnccc3c(NO)c2n1. The molecule has 0 bridgehead atoms. The van der Waals surface area contributed by atoms with Gasteiger partial charge < -0.3 is 0 Å². The maximum absolute atomic E-state index is 9.36. The summed E-state index contributed by atoms with van der Waals surface area (Å²) in [6.07, 6.45) is 7.10. The summed E-state index contributed by atoms with van der Waals surface area (Å²) >= 11 is 1.46. The molecule has 0 spiro atoms. The molecule has 0 aliphatic heterocycles. The van der Waals surface area contributed by atoms with E-state index in [9.17, 15) is 5.21 Å². The topological polar surface area (TPSA) is 70.9 Å². The lowest BCUT2D eigenvalue weighted by Gasteiger charge is -2.09. The van der Waals surface area contributed by atoms with Crippen LogP contribution in [0.25, 0.3) is 21.7 Å². The molecule has 2 heterocycles. The minimum atomic E-state index is 0.586. The summed E-state index contributed by atoms with van der Waals surface area (Å²) in [7, 11) is 0. The molecule has 0 saturated heterocycles. The van der Waals surface area contributed by atoms with Gasteiger partial charge in [0.25, 0.3) is 0 Å². The standard InChI is InChI=1S/C12H10N4OS/c1-18-12-14-6-8-4-7-5-13-3-2-9(7)11(16-17)10(8)15-12/h2-6,16-17H,1H3. The van der Waals surface area contributed by atoms with Crippen molar-refractivity contribution in [1.29, 1.82) is 0 Å². The molecule has 0 fully saturated rings. The van der Waals surface area contributed by atoms with Gasteiger partial charge in [-0.3, -0.25) is 15.7 Å². The third-order valence-corrected chi connectivity index (χ3v) is 3.32. The highest BCUT2D eigenvalue weighted by Gasteiger charge is 2.09. The Bertz CT molecular complexity index is 732.